The Hall–Kier alpha value is -1.56. The van der Waals surface area contributed by atoms with Crippen molar-refractivity contribution < 1.29 is 9.53 Å². The van der Waals surface area contributed by atoms with E-state index in [2.05, 4.69) is 20.6 Å². The summed E-state index contributed by atoms with van der Waals surface area (Å²) in [5.74, 6) is 0.699. The molecule has 0 atom stereocenters. The lowest BCUT2D eigenvalue weighted by Crippen LogP contribution is -2.33. The van der Waals surface area contributed by atoms with Gasteiger partial charge in [-0.05, 0) is 33.6 Å². The summed E-state index contributed by atoms with van der Waals surface area (Å²) in [5.41, 5.74) is -0.460. The maximum absolute atomic E-state index is 11.4. The van der Waals surface area contributed by atoms with Gasteiger partial charge in [0.25, 0.3) is 0 Å². The summed E-state index contributed by atoms with van der Waals surface area (Å²) in [5, 5.41) is 6.25. The molecule has 0 radical (unpaired) electrons. The molecule has 6 nitrogen and oxygen atoms in total. The van der Waals surface area contributed by atoms with Gasteiger partial charge in [-0.3, -0.25) is 0 Å². The zero-order chi connectivity index (χ0) is 15.0. The fourth-order valence-corrected chi connectivity index (χ4v) is 1.55. The molecule has 1 aromatic heterocycles. The standard InChI is InChI=1S/C13H21ClN4O2/c1-13(2,3)20-12(19)16-7-5-4-6-15-11-8-10(14)17-9-18-11/h8-9H,4-7H2,1-3H3,(H,16,19)(H,15,17,18). The van der Waals surface area contributed by atoms with Crippen LogP contribution >= 0.6 is 11.6 Å². The van der Waals surface area contributed by atoms with Crippen LogP contribution in [0.25, 0.3) is 0 Å². The third kappa shape index (κ3) is 7.78. The molecule has 112 valence electrons. The summed E-state index contributed by atoms with van der Waals surface area (Å²) in [6.07, 6.45) is 2.78. The summed E-state index contributed by atoms with van der Waals surface area (Å²) in [7, 11) is 0. The first-order chi connectivity index (χ1) is 9.37. The highest BCUT2D eigenvalue weighted by Crippen LogP contribution is 2.08. The summed E-state index contributed by atoms with van der Waals surface area (Å²) >= 11 is 5.74. The molecule has 0 bridgehead atoms. The van der Waals surface area contributed by atoms with Crippen molar-refractivity contribution in [3.63, 3.8) is 0 Å². The maximum atomic E-state index is 11.4. The number of hydrogen-bond acceptors (Lipinski definition) is 5. The zero-order valence-electron chi connectivity index (χ0n) is 12.1. The number of hydrogen-bond donors (Lipinski definition) is 2. The van der Waals surface area contributed by atoms with Gasteiger partial charge in [0.1, 0.15) is 22.9 Å². The topological polar surface area (TPSA) is 76.1 Å². The Morgan fingerprint density at radius 2 is 2.00 bits per heavy atom. The van der Waals surface area contributed by atoms with Crippen LogP contribution in [0.5, 0.6) is 0 Å². The second-order valence-corrected chi connectivity index (χ2v) is 5.68. The fourth-order valence-electron chi connectivity index (χ4n) is 1.40. The zero-order valence-corrected chi connectivity index (χ0v) is 12.8. The van der Waals surface area contributed by atoms with Crippen molar-refractivity contribution in [3.8, 4) is 0 Å². The quantitative estimate of drug-likeness (QED) is 0.624. The van der Waals surface area contributed by atoms with Gasteiger partial charge in [-0.25, -0.2) is 14.8 Å². The Bertz CT molecular complexity index is 435. The Morgan fingerprint density at radius 1 is 1.30 bits per heavy atom. The molecule has 1 heterocycles. The van der Waals surface area contributed by atoms with Gasteiger partial charge in [0, 0.05) is 19.2 Å². The van der Waals surface area contributed by atoms with Crippen LogP contribution in [0.2, 0.25) is 5.15 Å². The summed E-state index contributed by atoms with van der Waals surface area (Å²) in [4.78, 5) is 19.2. The Balaban J connectivity index is 2.07. The first-order valence-electron chi connectivity index (χ1n) is 6.55. The van der Waals surface area contributed by atoms with Gasteiger partial charge in [0.05, 0.1) is 0 Å². The molecular formula is C13H21ClN4O2. The van der Waals surface area contributed by atoms with Gasteiger partial charge in [-0.15, -0.1) is 0 Å². The van der Waals surface area contributed by atoms with E-state index >= 15 is 0 Å². The van der Waals surface area contributed by atoms with Crippen LogP contribution in [-0.4, -0.2) is 34.8 Å². The van der Waals surface area contributed by atoms with Crippen molar-refractivity contribution in [2.24, 2.45) is 0 Å². The molecule has 0 aliphatic rings. The van der Waals surface area contributed by atoms with Crippen LogP contribution < -0.4 is 10.6 Å². The van der Waals surface area contributed by atoms with Crippen molar-refractivity contribution in [1.29, 1.82) is 0 Å². The molecule has 1 aromatic rings. The van der Waals surface area contributed by atoms with E-state index in [0.29, 0.717) is 17.5 Å². The van der Waals surface area contributed by atoms with E-state index < -0.39 is 5.60 Å². The number of ether oxygens (including phenoxy) is 1. The first-order valence-corrected chi connectivity index (χ1v) is 6.93. The average Bonchev–Trinajstić information content (AvgIpc) is 2.31. The minimum atomic E-state index is -0.460. The predicted octanol–water partition coefficient (Wildman–Crippen LogP) is 2.85. The number of nitrogens with zero attached hydrogens (tertiary/aromatic N) is 2. The van der Waals surface area contributed by atoms with E-state index in [1.807, 2.05) is 20.8 Å². The Morgan fingerprint density at radius 3 is 2.65 bits per heavy atom. The molecule has 7 heteroatoms. The average molecular weight is 301 g/mol. The highest BCUT2D eigenvalue weighted by molar-refractivity contribution is 6.29. The molecule has 0 fully saturated rings. The molecule has 20 heavy (non-hydrogen) atoms. The molecule has 0 aromatic carbocycles. The lowest BCUT2D eigenvalue weighted by molar-refractivity contribution is 0.0527. The molecule has 0 saturated carbocycles. The summed E-state index contributed by atoms with van der Waals surface area (Å²) < 4.78 is 5.13. The van der Waals surface area contributed by atoms with Crippen LogP contribution in [-0.2, 0) is 4.74 Å². The van der Waals surface area contributed by atoms with Crippen molar-refractivity contribution in [1.82, 2.24) is 15.3 Å². The maximum Gasteiger partial charge on any atom is 0.407 e. The molecule has 0 aliphatic heterocycles. The number of carbonyl (C=O) groups excluding carboxylic acids is 1. The van der Waals surface area contributed by atoms with Crippen LogP contribution in [0.3, 0.4) is 0 Å². The van der Waals surface area contributed by atoms with Crippen molar-refractivity contribution in [2.45, 2.75) is 39.2 Å². The van der Waals surface area contributed by atoms with Crippen LogP contribution in [0.4, 0.5) is 10.6 Å². The van der Waals surface area contributed by atoms with Gasteiger partial charge < -0.3 is 15.4 Å². The fraction of sp³-hybridized carbons (Fsp3) is 0.615. The van der Waals surface area contributed by atoms with Gasteiger partial charge in [-0.1, -0.05) is 11.6 Å². The molecule has 1 rings (SSSR count). The minimum absolute atomic E-state index is 0.381. The Kier molecular flexibility index (Phi) is 6.51. The number of amides is 1. The number of alkyl carbamates (subject to hydrolysis) is 1. The van der Waals surface area contributed by atoms with Gasteiger partial charge in [0.15, 0.2) is 0 Å². The highest BCUT2D eigenvalue weighted by atomic mass is 35.5. The largest absolute Gasteiger partial charge is 0.444 e. The van der Waals surface area contributed by atoms with E-state index in [-0.39, 0.29) is 6.09 Å². The number of anilines is 1. The van der Waals surface area contributed by atoms with Crippen LogP contribution in [0, 0.1) is 0 Å². The van der Waals surface area contributed by atoms with Gasteiger partial charge >= 0.3 is 6.09 Å². The van der Waals surface area contributed by atoms with E-state index in [9.17, 15) is 4.79 Å². The van der Waals surface area contributed by atoms with Gasteiger partial charge in [-0.2, -0.15) is 0 Å². The van der Waals surface area contributed by atoms with E-state index in [1.165, 1.54) is 6.33 Å². The molecule has 0 spiro atoms. The second kappa shape index (κ2) is 7.89. The predicted molar refractivity (Wildman–Crippen MR) is 79.0 cm³/mol. The monoisotopic (exact) mass is 300 g/mol. The van der Waals surface area contributed by atoms with E-state index in [0.717, 1.165) is 19.4 Å². The SMILES string of the molecule is CC(C)(C)OC(=O)NCCCCNc1cc(Cl)ncn1. The number of halogens is 1. The third-order valence-electron chi connectivity index (χ3n) is 2.21. The second-order valence-electron chi connectivity index (χ2n) is 5.29. The lowest BCUT2D eigenvalue weighted by Gasteiger charge is -2.19. The summed E-state index contributed by atoms with van der Waals surface area (Å²) in [6, 6.07) is 1.67. The number of carbonyl (C=O) groups is 1. The smallest absolute Gasteiger partial charge is 0.407 e. The third-order valence-corrected chi connectivity index (χ3v) is 2.42. The number of aromatic nitrogens is 2. The highest BCUT2D eigenvalue weighted by Gasteiger charge is 2.15. The summed E-state index contributed by atoms with van der Waals surface area (Å²) in [6.45, 7) is 6.85. The molecule has 0 aliphatic carbocycles. The molecule has 1 amide bonds. The van der Waals surface area contributed by atoms with Gasteiger partial charge in [0.2, 0.25) is 0 Å². The normalized spacial score (nSPS) is 11.0. The lowest BCUT2D eigenvalue weighted by atomic mass is 10.2. The van der Waals surface area contributed by atoms with Crippen LogP contribution in [0.15, 0.2) is 12.4 Å². The number of nitrogens with one attached hydrogen (secondary N) is 2. The van der Waals surface area contributed by atoms with Crippen LogP contribution in [0.1, 0.15) is 33.6 Å². The number of rotatable bonds is 6. The Labute approximate surface area is 124 Å². The molecular weight excluding hydrogens is 280 g/mol. The van der Waals surface area contributed by atoms with E-state index in [1.54, 1.807) is 6.07 Å². The first kappa shape index (κ1) is 16.5. The van der Waals surface area contributed by atoms with Crippen molar-refractivity contribution in [2.75, 3.05) is 18.4 Å². The molecule has 2 N–H and O–H groups in total. The molecule has 0 saturated heterocycles. The number of unbranched alkanes of at least 4 members (excludes halogenated alkanes) is 1. The van der Waals surface area contributed by atoms with Crippen molar-refractivity contribution in [3.05, 3.63) is 17.5 Å². The minimum Gasteiger partial charge on any atom is -0.444 e. The van der Waals surface area contributed by atoms with Crippen molar-refractivity contribution >= 4 is 23.5 Å². The van der Waals surface area contributed by atoms with E-state index in [4.69, 9.17) is 16.3 Å². The molecule has 0 unspecified atom stereocenters.